The summed E-state index contributed by atoms with van der Waals surface area (Å²) >= 11 is 0. The molecule has 214 valence electrons. The number of esters is 1. The summed E-state index contributed by atoms with van der Waals surface area (Å²) in [6, 6.07) is 14.7. The molecule has 0 bridgehead atoms. The minimum Gasteiger partial charge on any atom is -0.462 e. The second-order valence-electron chi connectivity index (χ2n) is 8.35. The van der Waals surface area contributed by atoms with Crippen LogP contribution in [0.4, 0.5) is 23.7 Å². The third-order valence-corrected chi connectivity index (χ3v) is 6.70. The van der Waals surface area contributed by atoms with Gasteiger partial charge in [-0.2, -0.15) is 21.6 Å². The van der Waals surface area contributed by atoms with Crippen LogP contribution in [-0.2, 0) is 32.3 Å². The monoisotopic (exact) mass is 580 g/mol. The van der Waals surface area contributed by atoms with E-state index in [1.165, 1.54) is 48.4 Å². The van der Waals surface area contributed by atoms with Gasteiger partial charge in [-0.3, -0.25) is 0 Å². The molecule has 13 heteroatoms. The second-order valence-corrected chi connectivity index (χ2v) is 9.90. The van der Waals surface area contributed by atoms with Gasteiger partial charge in [-0.1, -0.05) is 18.2 Å². The van der Waals surface area contributed by atoms with Crippen molar-refractivity contribution >= 4 is 27.8 Å². The summed E-state index contributed by atoms with van der Waals surface area (Å²) in [5.41, 5.74) is 0.294. The maximum absolute atomic E-state index is 13.0. The van der Waals surface area contributed by atoms with Crippen LogP contribution in [0.25, 0.3) is 0 Å². The quantitative estimate of drug-likeness (QED) is 0.241. The summed E-state index contributed by atoms with van der Waals surface area (Å²) in [5, 5.41) is 2.74. The number of ether oxygens (including phenoxy) is 2. The molecule has 1 N–H and O–H groups in total. The minimum absolute atomic E-state index is 0.115. The molecule has 0 aromatic heterocycles. The van der Waals surface area contributed by atoms with Crippen LogP contribution in [0.5, 0.6) is 5.75 Å². The SMILES string of the molecule is CCOC(=O)c1ccc(NC(=O)N(CCOC)Cc2ccc(OS(=O)(=O)c3cccc(C(F)(F)F)c3)cc2)cc1. The van der Waals surface area contributed by atoms with Gasteiger partial charge in [-0.05, 0) is 67.1 Å². The van der Waals surface area contributed by atoms with Gasteiger partial charge in [0.2, 0.25) is 0 Å². The smallest absolute Gasteiger partial charge is 0.416 e. The van der Waals surface area contributed by atoms with Crippen molar-refractivity contribution in [3.05, 3.63) is 89.5 Å². The lowest BCUT2D eigenvalue weighted by Gasteiger charge is -2.23. The van der Waals surface area contributed by atoms with Crippen LogP contribution in [-0.4, -0.2) is 52.2 Å². The normalized spacial score (nSPS) is 11.5. The molecule has 0 fully saturated rings. The first-order valence-electron chi connectivity index (χ1n) is 12.0. The van der Waals surface area contributed by atoms with E-state index in [4.69, 9.17) is 13.7 Å². The maximum Gasteiger partial charge on any atom is 0.416 e. The number of benzene rings is 3. The summed E-state index contributed by atoms with van der Waals surface area (Å²) in [6.07, 6.45) is -4.71. The number of nitrogens with one attached hydrogen (secondary N) is 1. The molecular weight excluding hydrogens is 553 g/mol. The van der Waals surface area contributed by atoms with Crippen LogP contribution in [0.15, 0.2) is 77.7 Å². The van der Waals surface area contributed by atoms with Gasteiger partial charge in [0.05, 0.1) is 24.3 Å². The Balaban J connectivity index is 1.68. The highest BCUT2D eigenvalue weighted by atomic mass is 32.2. The Hall–Kier alpha value is -4.10. The molecule has 40 heavy (non-hydrogen) atoms. The summed E-state index contributed by atoms with van der Waals surface area (Å²) < 4.78 is 79.0. The van der Waals surface area contributed by atoms with E-state index >= 15 is 0 Å². The van der Waals surface area contributed by atoms with Crippen molar-refractivity contribution in [3.8, 4) is 5.75 Å². The van der Waals surface area contributed by atoms with Crippen molar-refractivity contribution in [1.29, 1.82) is 0 Å². The number of alkyl halides is 3. The molecule has 0 saturated carbocycles. The summed E-state index contributed by atoms with van der Waals surface area (Å²) in [7, 11) is -3.04. The van der Waals surface area contributed by atoms with Gasteiger partial charge in [0.1, 0.15) is 10.6 Å². The maximum atomic E-state index is 13.0. The van der Waals surface area contributed by atoms with Crippen LogP contribution < -0.4 is 9.50 Å². The molecule has 0 atom stereocenters. The Labute approximate surface area is 229 Å². The number of anilines is 1. The number of urea groups is 1. The lowest BCUT2D eigenvalue weighted by Crippen LogP contribution is -2.36. The number of amides is 2. The van der Waals surface area contributed by atoms with Crippen LogP contribution in [0.1, 0.15) is 28.4 Å². The van der Waals surface area contributed by atoms with Gasteiger partial charge in [0.15, 0.2) is 0 Å². The predicted octanol–water partition coefficient (Wildman–Crippen LogP) is 5.33. The predicted molar refractivity (Wildman–Crippen MR) is 139 cm³/mol. The molecule has 0 aliphatic rings. The molecule has 3 aromatic carbocycles. The average molecular weight is 581 g/mol. The van der Waals surface area contributed by atoms with Gasteiger partial charge in [0.25, 0.3) is 0 Å². The minimum atomic E-state index is -4.71. The number of nitrogens with zero attached hydrogens (tertiary/aromatic N) is 1. The van der Waals surface area contributed by atoms with Crippen molar-refractivity contribution in [2.75, 3.05) is 32.2 Å². The Bertz CT molecular complexity index is 1410. The lowest BCUT2D eigenvalue weighted by atomic mass is 10.2. The summed E-state index contributed by atoms with van der Waals surface area (Å²) in [4.78, 5) is 25.6. The van der Waals surface area contributed by atoms with Crippen molar-refractivity contribution < 1.29 is 44.8 Å². The lowest BCUT2D eigenvalue weighted by molar-refractivity contribution is -0.137. The molecular formula is C27H27F3N2O7S. The van der Waals surface area contributed by atoms with Crippen LogP contribution >= 0.6 is 0 Å². The zero-order valence-electron chi connectivity index (χ0n) is 21.6. The van der Waals surface area contributed by atoms with E-state index < -0.39 is 38.8 Å². The number of hydrogen-bond acceptors (Lipinski definition) is 7. The number of hydrogen-bond donors (Lipinski definition) is 1. The van der Waals surface area contributed by atoms with Gasteiger partial charge in [-0.15, -0.1) is 0 Å². The van der Waals surface area contributed by atoms with Crippen LogP contribution in [0.3, 0.4) is 0 Å². The average Bonchev–Trinajstić information content (AvgIpc) is 2.92. The highest BCUT2D eigenvalue weighted by Gasteiger charge is 2.32. The standard InChI is InChI=1S/C27H27F3N2O7S/c1-3-38-25(33)20-9-11-22(12-10-20)31-26(34)32(15-16-37-2)18-19-7-13-23(14-8-19)39-40(35,36)24-6-4-5-21(17-24)27(28,29)30/h4-14,17H,3,15-16,18H2,1-2H3,(H,31,34). The Morgan fingerprint density at radius 1 is 0.975 bits per heavy atom. The molecule has 0 aliphatic heterocycles. The zero-order chi connectivity index (χ0) is 29.3. The first-order valence-corrected chi connectivity index (χ1v) is 13.4. The first kappa shape index (κ1) is 30.4. The molecule has 0 unspecified atom stereocenters. The van der Waals surface area contributed by atoms with Gasteiger partial charge in [0, 0.05) is 25.9 Å². The van der Waals surface area contributed by atoms with Crippen molar-refractivity contribution in [2.24, 2.45) is 0 Å². The molecule has 3 rings (SSSR count). The fourth-order valence-corrected chi connectivity index (χ4v) is 4.41. The van der Waals surface area contributed by atoms with E-state index in [9.17, 15) is 31.2 Å². The largest absolute Gasteiger partial charge is 0.462 e. The summed E-state index contributed by atoms with van der Waals surface area (Å²) in [5.74, 6) is -0.590. The topological polar surface area (TPSA) is 111 Å². The van der Waals surface area contributed by atoms with E-state index in [0.717, 1.165) is 18.2 Å². The molecule has 3 aromatic rings. The zero-order valence-corrected chi connectivity index (χ0v) is 22.4. The van der Waals surface area contributed by atoms with Crippen LogP contribution in [0.2, 0.25) is 0 Å². The molecule has 2 amide bonds. The van der Waals surface area contributed by atoms with Crippen molar-refractivity contribution in [2.45, 2.75) is 24.5 Å². The van der Waals surface area contributed by atoms with E-state index in [2.05, 4.69) is 5.32 Å². The number of methoxy groups -OCH3 is 1. The number of carbonyl (C=O) groups is 2. The first-order chi connectivity index (χ1) is 18.9. The molecule has 0 radical (unpaired) electrons. The Morgan fingerprint density at radius 3 is 2.25 bits per heavy atom. The van der Waals surface area contributed by atoms with Gasteiger partial charge < -0.3 is 23.9 Å². The molecule has 0 aliphatic carbocycles. The van der Waals surface area contributed by atoms with E-state index in [1.807, 2.05) is 0 Å². The fraction of sp³-hybridized carbons (Fsp3) is 0.259. The Kier molecular flexibility index (Phi) is 10.1. The van der Waals surface area contributed by atoms with E-state index in [-0.39, 0.29) is 32.1 Å². The van der Waals surface area contributed by atoms with E-state index in [0.29, 0.717) is 22.9 Å². The van der Waals surface area contributed by atoms with Crippen LogP contribution in [0, 0.1) is 0 Å². The fourth-order valence-electron chi connectivity index (χ4n) is 3.43. The molecule has 0 spiro atoms. The third-order valence-electron chi connectivity index (χ3n) is 5.45. The Morgan fingerprint density at radius 2 is 1.65 bits per heavy atom. The molecule has 0 saturated heterocycles. The molecule has 9 nitrogen and oxygen atoms in total. The summed E-state index contributed by atoms with van der Waals surface area (Å²) in [6.45, 7) is 2.53. The number of halogens is 3. The second kappa shape index (κ2) is 13.3. The van der Waals surface area contributed by atoms with Crippen molar-refractivity contribution in [3.63, 3.8) is 0 Å². The molecule has 0 heterocycles. The number of carbonyl (C=O) groups excluding carboxylic acids is 2. The number of rotatable bonds is 11. The van der Waals surface area contributed by atoms with Crippen molar-refractivity contribution in [1.82, 2.24) is 4.90 Å². The highest BCUT2D eigenvalue weighted by molar-refractivity contribution is 7.87. The van der Waals surface area contributed by atoms with Gasteiger partial charge >= 0.3 is 28.3 Å². The third kappa shape index (κ3) is 8.45. The van der Waals surface area contributed by atoms with E-state index in [1.54, 1.807) is 19.1 Å². The van der Waals surface area contributed by atoms with Gasteiger partial charge in [-0.25, -0.2) is 9.59 Å². The highest BCUT2D eigenvalue weighted by Crippen LogP contribution is 2.31.